The first-order valence-electron chi connectivity index (χ1n) is 12.6. The number of piperidine rings is 1. The molecular weight excluding hydrogens is 488 g/mol. The number of Topliss-reactive ketones (excluding diaryl/α,β-unsaturated/α-hetero) is 1. The number of nitrogens with zero attached hydrogens (tertiary/aromatic N) is 2. The highest BCUT2D eigenvalue weighted by molar-refractivity contribution is 8.35. The van der Waals surface area contributed by atoms with Gasteiger partial charge in [-0.2, -0.15) is 3.77 Å². The van der Waals surface area contributed by atoms with Gasteiger partial charge in [0.2, 0.25) is 0 Å². The number of benzene rings is 1. The number of allylic oxidation sites excluding steroid dienone is 2. The molecular formula is C29H44N2O3S2. The van der Waals surface area contributed by atoms with E-state index in [1.807, 2.05) is 20.8 Å². The molecule has 1 aromatic rings. The van der Waals surface area contributed by atoms with E-state index < -0.39 is 20.1 Å². The largest absolute Gasteiger partial charge is 0.500 e. The maximum Gasteiger partial charge on any atom is 0.167 e. The quantitative estimate of drug-likeness (QED) is 0.430. The maximum absolute atomic E-state index is 13.7. The maximum atomic E-state index is 13.7. The van der Waals surface area contributed by atoms with E-state index in [0.717, 1.165) is 52.8 Å². The molecule has 0 saturated carbocycles. The lowest BCUT2D eigenvalue weighted by Gasteiger charge is -2.46. The van der Waals surface area contributed by atoms with Crippen molar-refractivity contribution >= 4 is 31.5 Å². The Morgan fingerprint density at radius 1 is 1.06 bits per heavy atom. The molecule has 1 unspecified atom stereocenters. The van der Waals surface area contributed by atoms with Gasteiger partial charge in [0.25, 0.3) is 0 Å². The lowest BCUT2D eigenvalue weighted by atomic mass is 9.66. The van der Waals surface area contributed by atoms with Crippen molar-refractivity contribution in [3.63, 3.8) is 0 Å². The van der Waals surface area contributed by atoms with Crippen molar-refractivity contribution in [1.29, 1.82) is 0 Å². The minimum Gasteiger partial charge on any atom is -0.500 e. The minimum atomic E-state index is -2.48. The molecule has 36 heavy (non-hydrogen) atoms. The first-order chi connectivity index (χ1) is 16.6. The Morgan fingerprint density at radius 3 is 2.08 bits per heavy atom. The fourth-order valence-electron chi connectivity index (χ4n) is 5.26. The van der Waals surface area contributed by atoms with E-state index in [-0.39, 0.29) is 15.9 Å². The smallest absolute Gasteiger partial charge is 0.167 e. The molecule has 1 atom stereocenters. The third-order valence-corrected chi connectivity index (χ3v) is 14.9. The van der Waals surface area contributed by atoms with Crippen LogP contribution in [0.5, 0.6) is 0 Å². The van der Waals surface area contributed by atoms with Gasteiger partial charge in [0.15, 0.2) is 5.78 Å². The van der Waals surface area contributed by atoms with Crippen LogP contribution < -0.4 is 0 Å². The van der Waals surface area contributed by atoms with Gasteiger partial charge in [-0.1, -0.05) is 26.7 Å². The topological polar surface area (TPSA) is 59.0 Å². The number of carbonyl (C=O) groups excluding carboxylic acids is 1. The number of ether oxygens (including phenoxy) is 1. The summed E-state index contributed by atoms with van der Waals surface area (Å²) in [6.07, 6.45) is 8.93. The zero-order valence-corrected chi connectivity index (χ0v) is 25.5. The van der Waals surface area contributed by atoms with Gasteiger partial charge in [-0.05, 0) is 80.4 Å². The van der Waals surface area contributed by atoms with Gasteiger partial charge in [-0.15, -0.1) is 16.1 Å². The number of hydrogen-bond acceptors (Lipinski definition) is 4. The number of aryl methyl sites for hydroxylation is 2. The molecule has 1 saturated heterocycles. The first kappa shape index (κ1) is 28.8. The molecule has 0 bridgehead atoms. The molecule has 1 heterocycles. The van der Waals surface area contributed by atoms with Crippen LogP contribution in [0.4, 0.5) is 0 Å². The van der Waals surface area contributed by atoms with Crippen molar-refractivity contribution in [2.24, 2.45) is 9.18 Å². The van der Waals surface area contributed by atoms with Crippen molar-refractivity contribution in [3.05, 3.63) is 40.1 Å². The summed E-state index contributed by atoms with van der Waals surface area (Å²) in [4.78, 5) is 13.7. The number of methoxy groups -OCH3 is 1. The van der Waals surface area contributed by atoms with E-state index in [2.05, 4.69) is 61.6 Å². The summed E-state index contributed by atoms with van der Waals surface area (Å²) < 4.78 is 26.6. The fraction of sp³-hybridized carbons (Fsp3) is 0.621. The van der Waals surface area contributed by atoms with E-state index in [1.54, 1.807) is 13.4 Å². The molecule has 1 aliphatic carbocycles. The van der Waals surface area contributed by atoms with Crippen LogP contribution in [0.3, 0.4) is 0 Å². The van der Waals surface area contributed by atoms with Crippen LogP contribution in [0, 0.1) is 31.1 Å². The predicted molar refractivity (Wildman–Crippen MR) is 156 cm³/mol. The summed E-state index contributed by atoms with van der Waals surface area (Å²) in [5.74, 6) is 7.00. The number of carbonyl (C=O) groups is 1. The summed E-state index contributed by atoms with van der Waals surface area (Å²) in [5.41, 5.74) is 4.61. The highest BCUT2D eigenvalue weighted by Gasteiger charge is 2.44. The summed E-state index contributed by atoms with van der Waals surface area (Å²) >= 11 is 0. The molecule has 5 nitrogen and oxygen atoms in total. The van der Waals surface area contributed by atoms with Gasteiger partial charge < -0.3 is 4.74 Å². The van der Waals surface area contributed by atoms with Crippen LogP contribution in [0.25, 0.3) is 5.57 Å². The molecule has 7 heteroatoms. The van der Waals surface area contributed by atoms with Gasteiger partial charge in [-0.3, -0.25) is 4.79 Å². The molecule has 0 amide bonds. The van der Waals surface area contributed by atoms with Crippen molar-refractivity contribution in [3.8, 4) is 11.8 Å². The Hall–Kier alpha value is -1.75. The first-order valence-corrected chi connectivity index (χ1v) is 16.9. The SMILES string of the molecule is CC#Cc1cc(C)c(C2=C(OC)CC3(CCN(S(C)(=O)=NS(C)(C)C(C)(C)C)CC3)CC2=O)c(C)c1. The average molecular weight is 533 g/mol. The van der Waals surface area contributed by atoms with Gasteiger partial charge in [0.05, 0.1) is 12.7 Å². The van der Waals surface area contributed by atoms with Gasteiger partial charge >= 0.3 is 0 Å². The lowest BCUT2D eigenvalue weighted by Crippen LogP contribution is -2.45. The second-order valence-electron chi connectivity index (χ2n) is 11.8. The van der Waals surface area contributed by atoms with E-state index >= 15 is 0 Å². The number of ketones is 1. The molecule has 1 spiro atoms. The second kappa shape index (κ2) is 10.2. The van der Waals surface area contributed by atoms with Crippen molar-refractivity contribution in [1.82, 2.24) is 4.31 Å². The minimum absolute atomic E-state index is 0.00932. The normalized spacial score (nSPS) is 21.0. The van der Waals surface area contributed by atoms with Crippen LogP contribution >= 0.6 is 10.2 Å². The Kier molecular flexibility index (Phi) is 8.16. The summed E-state index contributed by atoms with van der Waals surface area (Å²) in [5, 5.41) is 0. The van der Waals surface area contributed by atoms with E-state index in [4.69, 9.17) is 8.50 Å². The Balaban J connectivity index is 1.90. The van der Waals surface area contributed by atoms with Crippen molar-refractivity contribution < 1.29 is 13.7 Å². The number of hydrogen-bond donors (Lipinski definition) is 0. The average Bonchev–Trinajstić information content (AvgIpc) is 2.73. The highest BCUT2D eigenvalue weighted by atomic mass is 32.3. The monoisotopic (exact) mass is 532 g/mol. The van der Waals surface area contributed by atoms with Gasteiger partial charge in [-0.25, -0.2) is 8.51 Å². The standard InChI is InChI=1S/C29H44N2O3S2/c1-11-12-23-17-21(2)26(22(3)18-23)27-24(32)19-29(20-25(27)34-7)13-15-31(16-14-29)36(10,33)30-35(8,9)28(4,5)6/h17-18H,13-16,19-20H2,1-10H3. The molecule has 200 valence electrons. The third kappa shape index (κ3) is 5.71. The zero-order valence-electron chi connectivity index (χ0n) is 23.8. The van der Waals surface area contributed by atoms with Crippen LogP contribution in [-0.4, -0.2) is 58.0 Å². The van der Waals surface area contributed by atoms with E-state index in [9.17, 15) is 9.00 Å². The Labute approximate surface area is 221 Å². The summed E-state index contributed by atoms with van der Waals surface area (Å²) in [7, 11) is -2.20. The van der Waals surface area contributed by atoms with Crippen LogP contribution in [0.2, 0.25) is 0 Å². The predicted octanol–water partition coefficient (Wildman–Crippen LogP) is 6.27. The molecule has 1 aliphatic heterocycles. The molecule has 3 rings (SSSR count). The Bertz CT molecular complexity index is 1230. The molecule has 0 aromatic heterocycles. The second-order valence-corrected chi connectivity index (χ2v) is 18.2. The molecule has 0 N–H and O–H groups in total. The van der Waals surface area contributed by atoms with E-state index in [1.165, 1.54) is 0 Å². The third-order valence-electron chi connectivity index (χ3n) is 8.01. The molecule has 2 aliphatic rings. The molecule has 1 aromatic carbocycles. The van der Waals surface area contributed by atoms with Crippen molar-refractivity contribution in [2.45, 2.75) is 72.0 Å². The summed E-state index contributed by atoms with van der Waals surface area (Å²) in [6, 6.07) is 4.11. The van der Waals surface area contributed by atoms with Gasteiger partial charge in [0, 0.05) is 42.5 Å². The van der Waals surface area contributed by atoms with Crippen LogP contribution in [0.15, 0.2) is 21.7 Å². The van der Waals surface area contributed by atoms with Crippen LogP contribution in [-0.2, 0) is 19.4 Å². The zero-order chi connectivity index (χ0) is 27.1. The highest BCUT2D eigenvalue weighted by Crippen LogP contribution is 2.55. The summed E-state index contributed by atoms with van der Waals surface area (Å²) in [6.45, 7) is 13.8. The molecule has 0 radical (unpaired) electrons. The van der Waals surface area contributed by atoms with Crippen LogP contribution in [0.1, 0.15) is 75.6 Å². The number of rotatable bonds is 4. The van der Waals surface area contributed by atoms with Crippen molar-refractivity contribution in [2.75, 3.05) is 39.0 Å². The lowest BCUT2D eigenvalue weighted by molar-refractivity contribution is -0.117. The van der Waals surface area contributed by atoms with Gasteiger partial charge in [0.1, 0.15) is 15.7 Å². The Morgan fingerprint density at radius 2 is 1.61 bits per heavy atom. The fourth-order valence-corrected chi connectivity index (χ4v) is 10.2. The molecule has 1 fully saturated rings. The van der Waals surface area contributed by atoms with E-state index in [0.29, 0.717) is 19.5 Å².